The quantitative estimate of drug-likeness (QED) is 0.188. The van der Waals surface area contributed by atoms with Gasteiger partial charge in [-0.25, -0.2) is 9.97 Å². The van der Waals surface area contributed by atoms with Gasteiger partial charge in [0.15, 0.2) is 0 Å². The highest BCUT2D eigenvalue weighted by atomic mass is 15.2. The second-order valence-electron chi connectivity index (χ2n) is 13.4. The molecular weight excluding hydrogens is 633 g/mol. The molecule has 0 N–H and O–H groups in total. The predicted molar refractivity (Wildman–Crippen MR) is 217 cm³/mol. The van der Waals surface area contributed by atoms with Crippen LogP contribution >= 0.6 is 0 Å². The lowest BCUT2D eigenvalue weighted by Crippen LogP contribution is -2.03. The summed E-state index contributed by atoms with van der Waals surface area (Å²) in [6, 6.07) is 64.8. The van der Waals surface area contributed by atoms with Gasteiger partial charge in [0.2, 0.25) is 5.95 Å². The minimum atomic E-state index is 0.666. The van der Waals surface area contributed by atoms with Crippen LogP contribution in [0.1, 0.15) is 0 Å². The molecular formula is C48H30N4. The number of hydrogen-bond donors (Lipinski definition) is 0. The lowest BCUT2D eigenvalue weighted by Gasteiger charge is -2.12. The number of hydrogen-bond acceptors (Lipinski definition) is 2. The van der Waals surface area contributed by atoms with Crippen LogP contribution < -0.4 is 0 Å². The molecule has 0 aliphatic carbocycles. The summed E-state index contributed by atoms with van der Waals surface area (Å²) in [5.74, 6) is 0.666. The molecule has 0 atom stereocenters. The van der Waals surface area contributed by atoms with Crippen molar-refractivity contribution < 1.29 is 0 Å². The van der Waals surface area contributed by atoms with Crippen LogP contribution in [0.3, 0.4) is 0 Å². The lowest BCUT2D eigenvalue weighted by atomic mass is 9.99. The monoisotopic (exact) mass is 662 g/mol. The van der Waals surface area contributed by atoms with E-state index in [-0.39, 0.29) is 0 Å². The Kier molecular flexibility index (Phi) is 6.22. The number of rotatable bonds is 4. The molecule has 11 aromatic rings. The Balaban J connectivity index is 1.06. The summed E-state index contributed by atoms with van der Waals surface area (Å²) in [4.78, 5) is 10.5. The molecule has 4 heteroatoms. The molecule has 11 rings (SSSR count). The van der Waals surface area contributed by atoms with Crippen molar-refractivity contribution in [2.75, 3.05) is 0 Å². The van der Waals surface area contributed by atoms with Gasteiger partial charge in [0, 0.05) is 38.2 Å². The molecule has 242 valence electrons. The first-order chi connectivity index (χ1) is 25.8. The number of nitrogens with zero attached hydrogens (tertiary/aromatic N) is 4. The lowest BCUT2D eigenvalue weighted by molar-refractivity contribution is 1.01. The van der Waals surface area contributed by atoms with Gasteiger partial charge >= 0.3 is 0 Å². The third-order valence-corrected chi connectivity index (χ3v) is 10.5. The Labute approximate surface area is 299 Å². The van der Waals surface area contributed by atoms with Gasteiger partial charge in [0.25, 0.3) is 0 Å². The zero-order valence-electron chi connectivity index (χ0n) is 28.1. The van der Waals surface area contributed by atoms with E-state index in [0.29, 0.717) is 5.95 Å². The zero-order chi connectivity index (χ0) is 34.2. The molecule has 0 saturated heterocycles. The van der Waals surface area contributed by atoms with Gasteiger partial charge in [-0.3, -0.25) is 4.57 Å². The molecule has 0 radical (unpaired) electrons. The SMILES string of the molecule is c1ccc(-n2c3ccccc3c3cc(-c4ccc(-c5nc(-n6c7ccccc7c7c8ccccc8ccc76)nc6ccccc56)cc4)ccc32)cc1. The van der Waals surface area contributed by atoms with Crippen LogP contribution in [0, 0.1) is 0 Å². The molecule has 0 aliphatic heterocycles. The fourth-order valence-electron chi connectivity index (χ4n) is 8.17. The third-order valence-electron chi connectivity index (χ3n) is 10.5. The Morgan fingerprint density at radius 3 is 1.77 bits per heavy atom. The molecule has 3 aromatic heterocycles. The summed E-state index contributed by atoms with van der Waals surface area (Å²) in [5.41, 5.74) is 11.0. The van der Waals surface area contributed by atoms with Gasteiger partial charge in [-0.1, -0.05) is 133 Å². The van der Waals surface area contributed by atoms with Gasteiger partial charge in [-0.15, -0.1) is 0 Å². The highest BCUT2D eigenvalue weighted by molar-refractivity contribution is 6.21. The van der Waals surface area contributed by atoms with Gasteiger partial charge in [0.1, 0.15) is 0 Å². The van der Waals surface area contributed by atoms with Crippen LogP contribution in [-0.2, 0) is 0 Å². The smallest absolute Gasteiger partial charge is 0.235 e. The number of fused-ring (bicyclic) bond motifs is 9. The van der Waals surface area contributed by atoms with Crippen molar-refractivity contribution in [3.63, 3.8) is 0 Å². The molecule has 0 bridgehead atoms. The summed E-state index contributed by atoms with van der Waals surface area (Å²) in [5, 5.41) is 8.39. The third kappa shape index (κ3) is 4.28. The molecule has 0 aliphatic rings. The first kappa shape index (κ1) is 28.8. The van der Waals surface area contributed by atoms with Crippen molar-refractivity contribution in [1.29, 1.82) is 0 Å². The van der Waals surface area contributed by atoms with E-state index in [1.54, 1.807) is 0 Å². The van der Waals surface area contributed by atoms with E-state index in [0.717, 1.165) is 44.4 Å². The van der Waals surface area contributed by atoms with Gasteiger partial charge < -0.3 is 4.57 Å². The topological polar surface area (TPSA) is 35.6 Å². The predicted octanol–water partition coefficient (Wildman–Crippen LogP) is 12.3. The van der Waals surface area contributed by atoms with Crippen LogP contribution in [0.15, 0.2) is 182 Å². The standard InChI is InChI=1S/C48H30N4/c1-2-13-35(14-3-1)51-42-20-10-7-16-37(42)40-30-34(27-28-44(40)51)31-22-24-33(25-23-31)47-38-17-6-9-19-41(38)49-48(50-47)52-43-21-11-8-18-39(43)46-36-15-5-4-12-32(36)26-29-45(46)52/h1-30H. The molecule has 0 spiro atoms. The van der Waals surface area contributed by atoms with Crippen LogP contribution in [0.25, 0.3) is 99.3 Å². The van der Waals surface area contributed by atoms with Crippen molar-refractivity contribution in [2.45, 2.75) is 0 Å². The molecule has 0 amide bonds. The molecule has 0 saturated carbocycles. The van der Waals surface area contributed by atoms with Gasteiger partial charge in [-0.05, 0) is 70.4 Å². The second kappa shape index (κ2) is 11.2. The van der Waals surface area contributed by atoms with Crippen molar-refractivity contribution in [3.05, 3.63) is 182 Å². The minimum absolute atomic E-state index is 0.666. The van der Waals surface area contributed by atoms with E-state index in [2.05, 4.69) is 191 Å². The van der Waals surface area contributed by atoms with Crippen molar-refractivity contribution >= 4 is 65.3 Å². The Morgan fingerprint density at radius 2 is 0.942 bits per heavy atom. The van der Waals surface area contributed by atoms with Crippen LogP contribution in [0.4, 0.5) is 0 Å². The average Bonchev–Trinajstić information content (AvgIpc) is 3.74. The average molecular weight is 663 g/mol. The summed E-state index contributed by atoms with van der Waals surface area (Å²) in [7, 11) is 0. The van der Waals surface area contributed by atoms with E-state index < -0.39 is 0 Å². The molecule has 0 unspecified atom stereocenters. The molecule has 0 fully saturated rings. The maximum absolute atomic E-state index is 5.35. The maximum Gasteiger partial charge on any atom is 0.235 e. The van der Waals surface area contributed by atoms with E-state index in [1.165, 1.54) is 48.9 Å². The molecule has 8 aromatic carbocycles. The van der Waals surface area contributed by atoms with Crippen LogP contribution in [0.5, 0.6) is 0 Å². The van der Waals surface area contributed by atoms with Crippen LogP contribution in [0.2, 0.25) is 0 Å². The number of para-hydroxylation sites is 4. The summed E-state index contributed by atoms with van der Waals surface area (Å²) >= 11 is 0. The first-order valence-electron chi connectivity index (χ1n) is 17.7. The van der Waals surface area contributed by atoms with E-state index in [1.807, 2.05) is 0 Å². The molecule has 52 heavy (non-hydrogen) atoms. The summed E-state index contributed by atoms with van der Waals surface area (Å²) < 4.78 is 4.58. The normalized spacial score (nSPS) is 11.8. The highest BCUT2D eigenvalue weighted by Gasteiger charge is 2.19. The summed E-state index contributed by atoms with van der Waals surface area (Å²) in [6.45, 7) is 0. The summed E-state index contributed by atoms with van der Waals surface area (Å²) in [6.07, 6.45) is 0. The number of aromatic nitrogens is 4. The fourth-order valence-corrected chi connectivity index (χ4v) is 8.17. The van der Waals surface area contributed by atoms with E-state index in [4.69, 9.17) is 9.97 Å². The first-order valence-corrected chi connectivity index (χ1v) is 17.7. The van der Waals surface area contributed by atoms with Gasteiger partial charge in [0.05, 0.1) is 33.3 Å². The Bertz CT molecular complexity index is 3170. The molecule has 4 nitrogen and oxygen atoms in total. The van der Waals surface area contributed by atoms with Crippen molar-refractivity contribution in [2.24, 2.45) is 0 Å². The van der Waals surface area contributed by atoms with Crippen molar-refractivity contribution in [1.82, 2.24) is 19.1 Å². The highest BCUT2D eigenvalue weighted by Crippen LogP contribution is 2.39. The Hall–Kier alpha value is -7.04. The van der Waals surface area contributed by atoms with E-state index >= 15 is 0 Å². The van der Waals surface area contributed by atoms with Crippen LogP contribution in [-0.4, -0.2) is 19.1 Å². The molecule has 3 heterocycles. The zero-order valence-corrected chi connectivity index (χ0v) is 28.1. The second-order valence-corrected chi connectivity index (χ2v) is 13.4. The van der Waals surface area contributed by atoms with Crippen molar-refractivity contribution in [3.8, 4) is 34.0 Å². The maximum atomic E-state index is 5.35. The van der Waals surface area contributed by atoms with E-state index in [9.17, 15) is 0 Å². The number of benzene rings is 8. The fraction of sp³-hybridized carbons (Fsp3) is 0. The largest absolute Gasteiger partial charge is 0.309 e. The van der Waals surface area contributed by atoms with Gasteiger partial charge in [-0.2, -0.15) is 0 Å². The minimum Gasteiger partial charge on any atom is -0.309 e. The Morgan fingerprint density at radius 1 is 0.346 bits per heavy atom.